The zero-order valence-corrected chi connectivity index (χ0v) is 13.8. The second kappa shape index (κ2) is 15.1. The van der Waals surface area contributed by atoms with Gasteiger partial charge < -0.3 is 5.11 Å². The van der Waals surface area contributed by atoms with E-state index in [1.807, 2.05) is 6.08 Å². The Bertz CT molecular complexity index is 337. The molecule has 0 rings (SSSR count). The summed E-state index contributed by atoms with van der Waals surface area (Å²) in [7, 11) is 0. The lowest BCUT2D eigenvalue weighted by Gasteiger charge is -2.00. The van der Waals surface area contributed by atoms with Gasteiger partial charge in [0.05, 0.1) is 5.57 Å². The van der Waals surface area contributed by atoms with Crippen LogP contribution >= 0.6 is 0 Å². The third-order valence-corrected chi connectivity index (χ3v) is 3.56. The maximum absolute atomic E-state index is 10.7. The van der Waals surface area contributed by atoms with E-state index in [1.54, 1.807) is 25.2 Å². The molecule has 0 aromatic carbocycles. The van der Waals surface area contributed by atoms with Crippen molar-refractivity contribution in [3.05, 3.63) is 36.0 Å². The third-order valence-electron chi connectivity index (χ3n) is 3.56. The molecule has 0 aromatic heterocycles. The zero-order chi connectivity index (χ0) is 15.8. The SMILES string of the molecule is CC=C(C=CC=CCCCCCCCCCCC)C(=O)O. The fourth-order valence-electron chi connectivity index (χ4n) is 2.20. The molecule has 120 valence electrons. The van der Waals surface area contributed by atoms with Gasteiger partial charge in [-0.05, 0) is 25.8 Å². The Kier molecular flexibility index (Phi) is 14.1. The van der Waals surface area contributed by atoms with Gasteiger partial charge in [-0.25, -0.2) is 4.79 Å². The number of carboxylic acid groups (broad SMARTS) is 1. The van der Waals surface area contributed by atoms with Gasteiger partial charge in [0.15, 0.2) is 0 Å². The number of unbranched alkanes of at least 4 members (excludes halogenated alkanes) is 9. The molecule has 0 atom stereocenters. The summed E-state index contributed by atoms with van der Waals surface area (Å²) < 4.78 is 0. The maximum Gasteiger partial charge on any atom is 0.335 e. The van der Waals surface area contributed by atoms with Crippen molar-refractivity contribution < 1.29 is 9.90 Å². The van der Waals surface area contributed by atoms with E-state index in [0.717, 1.165) is 6.42 Å². The molecule has 0 aliphatic carbocycles. The lowest BCUT2D eigenvalue weighted by Crippen LogP contribution is -1.96. The quantitative estimate of drug-likeness (QED) is 0.255. The molecule has 0 amide bonds. The molecule has 21 heavy (non-hydrogen) atoms. The van der Waals surface area contributed by atoms with Crippen molar-refractivity contribution in [1.82, 2.24) is 0 Å². The molecule has 0 aromatic rings. The molecular weight excluding hydrogens is 260 g/mol. The van der Waals surface area contributed by atoms with Gasteiger partial charge in [-0.2, -0.15) is 0 Å². The average molecular weight is 292 g/mol. The van der Waals surface area contributed by atoms with Crippen LogP contribution < -0.4 is 0 Å². The van der Waals surface area contributed by atoms with Crippen molar-refractivity contribution in [3.8, 4) is 0 Å². The second-order valence-corrected chi connectivity index (χ2v) is 5.45. The molecule has 2 nitrogen and oxygen atoms in total. The number of hydrogen-bond donors (Lipinski definition) is 1. The minimum atomic E-state index is -0.874. The lowest BCUT2D eigenvalue weighted by molar-refractivity contribution is -0.132. The van der Waals surface area contributed by atoms with E-state index in [4.69, 9.17) is 5.11 Å². The first-order valence-corrected chi connectivity index (χ1v) is 8.45. The Hall–Kier alpha value is -1.31. The Labute approximate surface area is 130 Å². The van der Waals surface area contributed by atoms with Crippen LogP contribution in [0, 0.1) is 0 Å². The van der Waals surface area contributed by atoms with Crippen LogP contribution in [0.1, 0.15) is 78.1 Å². The molecule has 0 fully saturated rings. The highest BCUT2D eigenvalue weighted by Crippen LogP contribution is 2.10. The van der Waals surface area contributed by atoms with Crippen molar-refractivity contribution >= 4 is 5.97 Å². The summed E-state index contributed by atoms with van der Waals surface area (Å²) in [6.45, 7) is 3.99. The van der Waals surface area contributed by atoms with E-state index in [9.17, 15) is 4.79 Å². The predicted octanol–water partition coefficient (Wildman–Crippen LogP) is 6.05. The van der Waals surface area contributed by atoms with Gasteiger partial charge in [0.2, 0.25) is 0 Å². The first kappa shape index (κ1) is 19.7. The monoisotopic (exact) mass is 292 g/mol. The van der Waals surface area contributed by atoms with E-state index in [1.165, 1.54) is 57.8 Å². The van der Waals surface area contributed by atoms with Crippen LogP contribution in [0.25, 0.3) is 0 Å². The lowest BCUT2D eigenvalue weighted by atomic mass is 10.1. The molecule has 0 saturated carbocycles. The number of rotatable bonds is 13. The Morgan fingerprint density at radius 3 is 2.00 bits per heavy atom. The zero-order valence-electron chi connectivity index (χ0n) is 13.8. The summed E-state index contributed by atoms with van der Waals surface area (Å²) in [6.07, 6.45) is 22.3. The standard InChI is InChI=1S/C19H32O2/c1-3-5-6-7-8-9-10-11-12-13-14-15-16-17-18(4-2)19(20)21/h4,14-17H,3,5-13H2,1-2H3,(H,20,21). The number of aliphatic carboxylic acids is 1. The van der Waals surface area contributed by atoms with Gasteiger partial charge in [0.25, 0.3) is 0 Å². The summed E-state index contributed by atoms with van der Waals surface area (Å²) in [6, 6.07) is 0. The van der Waals surface area contributed by atoms with E-state index in [-0.39, 0.29) is 0 Å². The smallest absolute Gasteiger partial charge is 0.335 e. The predicted molar refractivity (Wildman–Crippen MR) is 91.5 cm³/mol. The fourth-order valence-corrected chi connectivity index (χ4v) is 2.20. The molecule has 0 aliphatic heterocycles. The number of carboxylic acids is 1. The van der Waals surface area contributed by atoms with Gasteiger partial charge >= 0.3 is 5.97 Å². The normalized spacial score (nSPS) is 12.6. The third kappa shape index (κ3) is 13.4. The molecule has 0 bridgehead atoms. The highest BCUT2D eigenvalue weighted by molar-refractivity contribution is 5.89. The first-order chi connectivity index (χ1) is 10.2. The molecule has 0 unspecified atom stereocenters. The van der Waals surface area contributed by atoms with Gasteiger partial charge in [-0.15, -0.1) is 0 Å². The highest BCUT2D eigenvalue weighted by atomic mass is 16.4. The second-order valence-electron chi connectivity index (χ2n) is 5.45. The van der Waals surface area contributed by atoms with Crippen molar-refractivity contribution in [1.29, 1.82) is 0 Å². The molecule has 0 spiro atoms. The van der Waals surface area contributed by atoms with Gasteiger partial charge in [0.1, 0.15) is 0 Å². The summed E-state index contributed by atoms with van der Waals surface area (Å²) >= 11 is 0. The minimum Gasteiger partial charge on any atom is -0.478 e. The Morgan fingerprint density at radius 2 is 1.48 bits per heavy atom. The van der Waals surface area contributed by atoms with Crippen LogP contribution in [0.15, 0.2) is 36.0 Å². The van der Waals surface area contributed by atoms with Gasteiger partial charge in [0, 0.05) is 0 Å². The molecule has 0 heterocycles. The van der Waals surface area contributed by atoms with E-state index >= 15 is 0 Å². The van der Waals surface area contributed by atoms with Crippen molar-refractivity contribution in [2.45, 2.75) is 78.1 Å². The molecule has 0 radical (unpaired) electrons. The minimum absolute atomic E-state index is 0.336. The van der Waals surface area contributed by atoms with Crippen LogP contribution in [0.3, 0.4) is 0 Å². The van der Waals surface area contributed by atoms with Crippen molar-refractivity contribution in [3.63, 3.8) is 0 Å². The molecule has 2 heteroatoms. The van der Waals surface area contributed by atoms with Crippen LogP contribution in [0.5, 0.6) is 0 Å². The largest absolute Gasteiger partial charge is 0.478 e. The number of hydrogen-bond acceptors (Lipinski definition) is 1. The van der Waals surface area contributed by atoms with Gasteiger partial charge in [-0.3, -0.25) is 0 Å². The van der Waals surface area contributed by atoms with Crippen LogP contribution in [-0.4, -0.2) is 11.1 Å². The summed E-state index contributed by atoms with van der Waals surface area (Å²) in [4.78, 5) is 10.7. The fraction of sp³-hybridized carbons (Fsp3) is 0.632. The van der Waals surface area contributed by atoms with Crippen molar-refractivity contribution in [2.75, 3.05) is 0 Å². The average Bonchev–Trinajstić information content (AvgIpc) is 2.47. The summed E-state index contributed by atoms with van der Waals surface area (Å²) in [5.41, 5.74) is 0.336. The summed E-state index contributed by atoms with van der Waals surface area (Å²) in [5.74, 6) is -0.874. The summed E-state index contributed by atoms with van der Waals surface area (Å²) in [5, 5.41) is 8.82. The van der Waals surface area contributed by atoms with E-state index in [0.29, 0.717) is 5.57 Å². The van der Waals surface area contributed by atoms with Crippen LogP contribution in [-0.2, 0) is 4.79 Å². The van der Waals surface area contributed by atoms with E-state index in [2.05, 4.69) is 13.0 Å². The van der Waals surface area contributed by atoms with Crippen LogP contribution in [0.2, 0.25) is 0 Å². The Balaban J connectivity index is 3.44. The molecular formula is C19H32O2. The van der Waals surface area contributed by atoms with Crippen LogP contribution in [0.4, 0.5) is 0 Å². The van der Waals surface area contributed by atoms with E-state index < -0.39 is 5.97 Å². The molecule has 0 saturated heterocycles. The topological polar surface area (TPSA) is 37.3 Å². The Morgan fingerprint density at radius 1 is 0.905 bits per heavy atom. The number of carbonyl (C=O) groups is 1. The molecule has 0 aliphatic rings. The van der Waals surface area contributed by atoms with Crippen molar-refractivity contribution in [2.24, 2.45) is 0 Å². The highest BCUT2D eigenvalue weighted by Gasteiger charge is 1.98. The first-order valence-electron chi connectivity index (χ1n) is 8.45. The molecule has 1 N–H and O–H groups in total. The van der Waals surface area contributed by atoms with Gasteiger partial charge in [-0.1, -0.05) is 82.6 Å². The number of allylic oxidation sites excluding steroid dienone is 4. The maximum atomic E-state index is 10.7.